The van der Waals surface area contributed by atoms with Crippen LogP contribution in [0.25, 0.3) is 0 Å². The van der Waals surface area contributed by atoms with Gasteiger partial charge in [-0.2, -0.15) is 0 Å². The van der Waals surface area contributed by atoms with Gasteiger partial charge in [0.05, 0.1) is 24.5 Å². The van der Waals surface area contributed by atoms with Gasteiger partial charge in [0.25, 0.3) is 0 Å². The van der Waals surface area contributed by atoms with Crippen LogP contribution >= 0.6 is 15.9 Å². The Morgan fingerprint density at radius 2 is 1.68 bits per heavy atom. The van der Waals surface area contributed by atoms with Crippen molar-refractivity contribution in [3.8, 4) is 0 Å². The Kier molecular flexibility index (Phi) is 2.57. The second kappa shape index (κ2) is 4.29. The van der Waals surface area contributed by atoms with Crippen LogP contribution in [0.15, 0.2) is 64.1 Å². The lowest BCUT2D eigenvalue weighted by atomic mass is 10.0. The van der Waals surface area contributed by atoms with Crippen molar-refractivity contribution in [3.05, 3.63) is 70.2 Å². The number of halogens is 1. The van der Waals surface area contributed by atoms with Gasteiger partial charge < -0.3 is 0 Å². The zero-order valence-corrected chi connectivity index (χ0v) is 11.9. The Bertz CT molecular complexity index is 634. The van der Waals surface area contributed by atoms with Gasteiger partial charge in [0, 0.05) is 4.47 Å². The van der Waals surface area contributed by atoms with Gasteiger partial charge in [-0.25, -0.2) is 0 Å². The van der Waals surface area contributed by atoms with E-state index in [1.54, 1.807) is 0 Å². The molecule has 2 aliphatic heterocycles. The van der Waals surface area contributed by atoms with Crippen molar-refractivity contribution in [2.45, 2.75) is 12.1 Å². The molecule has 1 unspecified atom stereocenters. The first kappa shape index (κ1) is 11.4. The maximum atomic E-state index is 4.66. The Morgan fingerprint density at radius 3 is 2.42 bits per heavy atom. The second-order valence-electron chi connectivity index (χ2n) is 5.01. The summed E-state index contributed by atoms with van der Waals surface area (Å²) < 4.78 is 1.13. The van der Waals surface area contributed by atoms with E-state index >= 15 is 0 Å². The molecule has 0 radical (unpaired) electrons. The van der Waals surface area contributed by atoms with Gasteiger partial charge in [-0.1, -0.05) is 58.4 Å². The average Bonchev–Trinajstić information content (AvgIpc) is 3.00. The fraction of sp³-hybridized carbons (Fsp3) is 0.188. The number of aliphatic imine (C=N–C) groups is 1. The van der Waals surface area contributed by atoms with E-state index in [1.165, 1.54) is 16.8 Å². The van der Waals surface area contributed by atoms with Gasteiger partial charge in [0.1, 0.15) is 0 Å². The lowest BCUT2D eigenvalue weighted by Crippen LogP contribution is -2.08. The molecule has 94 valence electrons. The van der Waals surface area contributed by atoms with E-state index in [1.807, 2.05) is 0 Å². The minimum Gasteiger partial charge on any atom is -0.272 e. The Morgan fingerprint density at radius 1 is 0.947 bits per heavy atom. The predicted molar refractivity (Wildman–Crippen MR) is 80.4 cm³/mol. The molecule has 1 fully saturated rings. The van der Waals surface area contributed by atoms with Gasteiger partial charge in [-0.15, -0.1) is 0 Å². The molecule has 3 atom stereocenters. The molecule has 0 amide bonds. The van der Waals surface area contributed by atoms with E-state index in [-0.39, 0.29) is 0 Å². The summed E-state index contributed by atoms with van der Waals surface area (Å²) in [6.45, 7) is 0.829. The van der Waals surface area contributed by atoms with Crippen LogP contribution in [0.4, 0.5) is 0 Å². The van der Waals surface area contributed by atoms with Crippen molar-refractivity contribution >= 4 is 21.6 Å². The minimum absolute atomic E-state index is 0.476. The highest BCUT2D eigenvalue weighted by atomic mass is 79.9. The van der Waals surface area contributed by atoms with Crippen LogP contribution in [0.3, 0.4) is 0 Å². The molecule has 2 heterocycles. The number of rotatable bonds is 2. The van der Waals surface area contributed by atoms with Crippen LogP contribution in [-0.4, -0.2) is 23.3 Å². The average molecular weight is 313 g/mol. The van der Waals surface area contributed by atoms with Crippen molar-refractivity contribution in [1.29, 1.82) is 0 Å². The van der Waals surface area contributed by atoms with Crippen LogP contribution in [0.1, 0.15) is 17.2 Å². The molecule has 2 aromatic carbocycles. The summed E-state index contributed by atoms with van der Waals surface area (Å²) in [5, 5.41) is 0. The molecule has 0 N–H and O–H groups in total. The number of hydrogen-bond donors (Lipinski definition) is 0. The van der Waals surface area contributed by atoms with Crippen molar-refractivity contribution in [2.24, 2.45) is 4.99 Å². The monoisotopic (exact) mass is 312 g/mol. The number of fused-ring (bicyclic) bond motifs is 1. The molecule has 0 aliphatic carbocycles. The molecule has 1 saturated heterocycles. The first-order valence-electron chi connectivity index (χ1n) is 6.45. The summed E-state index contributed by atoms with van der Waals surface area (Å²) >= 11 is 3.49. The van der Waals surface area contributed by atoms with Crippen LogP contribution < -0.4 is 0 Å². The Balaban J connectivity index is 1.62. The highest BCUT2D eigenvalue weighted by Crippen LogP contribution is 2.47. The first-order valence-corrected chi connectivity index (χ1v) is 7.25. The molecule has 0 spiro atoms. The third kappa shape index (κ3) is 1.85. The van der Waals surface area contributed by atoms with E-state index in [9.17, 15) is 0 Å². The maximum absolute atomic E-state index is 4.66. The molecule has 3 heteroatoms. The standard InChI is InChI=1S/C16H13BrN2/c17-13-8-6-12(7-9-13)15-16-14(18-10-19(15)16)11-4-2-1-3-5-11/h1-9,15-16H,10H2/t15-,16-,19?/m1/s1. The SMILES string of the molecule is Brc1ccc([C@@H]2[C@H]3C(c4ccccc4)=NCN32)cc1. The number of benzene rings is 2. The zero-order valence-electron chi connectivity index (χ0n) is 10.3. The quantitative estimate of drug-likeness (QED) is 0.773. The van der Waals surface area contributed by atoms with Gasteiger partial charge in [-0.3, -0.25) is 9.89 Å². The smallest absolute Gasteiger partial charge is 0.0925 e. The molecule has 2 aromatic rings. The van der Waals surface area contributed by atoms with Crippen LogP contribution in [0.2, 0.25) is 0 Å². The van der Waals surface area contributed by atoms with Crippen molar-refractivity contribution in [3.63, 3.8) is 0 Å². The largest absolute Gasteiger partial charge is 0.272 e. The van der Waals surface area contributed by atoms with Crippen molar-refractivity contribution in [1.82, 2.24) is 4.90 Å². The van der Waals surface area contributed by atoms with Crippen LogP contribution in [0.5, 0.6) is 0 Å². The molecule has 0 saturated carbocycles. The van der Waals surface area contributed by atoms with E-state index < -0.39 is 0 Å². The van der Waals surface area contributed by atoms with Crippen molar-refractivity contribution in [2.75, 3.05) is 6.67 Å². The summed E-state index contributed by atoms with van der Waals surface area (Å²) in [7, 11) is 0. The zero-order chi connectivity index (χ0) is 12.8. The maximum Gasteiger partial charge on any atom is 0.0925 e. The van der Waals surface area contributed by atoms with E-state index in [0.29, 0.717) is 12.1 Å². The highest BCUT2D eigenvalue weighted by Gasteiger charge is 2.54. The van der Waals surface area contributed by atoms with E-state index in [2.05, 4.69) is 80.4 Å². The molecular weight excluding hydrogens is 300 g/mol. The Labute approximate surface area is 120 Å². The molecule has 2 nitrogen and oxygen atoms in total. The third-order valence-corrected chi connectivity index (χ3v) is 4.42. The van der Waals surface area contributed by atoms with E-state index in [0.717, 1.165) is 11.1 Å². The van der Waals surface area contributed by atoms with Gasteiger partial charge in [-0.05, 0) is 23.3 Å². The molecule has 2 aliphatic rings. The van der Waals surface area contributed by atoms with Crippen molar-refractivity contribution < 1.29 is 0 Å². The molecule has 19 heavy (non-hydrogen) atoms. The highest BCUT2D eigenvalue weighted by molar-refractivity contribution is 9.10. The third-order valence-electron chi connectivity index (χ3n) is 3.89. The number of hydrogen-bond acceptors (Lipinski definition) is 2. The number of nitrogens with zero attached hydrogens (tertiary/aromatic N) is 2. The minimum atomic E-state index is 0.476. The summed E-state index contributed by atoms with van der Waals surface area (Å²) in [4.78, 5) is 7.10. The topological polar surface area (TPSA) is 15.4 Å². The lowest BCUT2D eigenvalue weighted by Gasteiger charge is -2.05. The summed E-state index contributed by atoms with van der Waals surface area (Å²) in [5.41, 5.74) is 3.89. The van der Waals surface area contributed by atoms with Gasteiger partial charge in [0.15, 0.2) is 0 Å². The first-order chi connectivity index (χ1) is 9.34. The van der Waals surface area contributed by atoms with Gasteiger partial charge in [0.2, 0.25) is 0 Å². The normalized spacial score (nSPS) is 27.8. The lowest BCUT2D eigenvalue weighted by molar-refractivity contribution is 0.539. The molecular formula is C16H13BrN2. The predicted octanol–water partition coefficient (Wildman–Crippen LogP) is 3.63. The molecule has 0 aromatic heterocycles. The summed E-state index contributed by atoms with van der Waals surface area (Å²) in [5.74, 6) is 0. The Hall–Kier alpha value is -1.45. The fourth-order valence-corrected chi connectivity index (χ4v) is 3.18. The van der Waals surface area contributed by atoms with E-state index in [4.69, 9.17) is 0 Å². The fourth-order valence-electron chi connectivity index (χ4n) is 2.91. The van der Waals surface area contributed by atoms with Crippen LogP contribution in [0, 0.1) is 0 Å². The summed E-state index contributed by atoms with van der Waals surface area (Å²) in [6.07, 6.45) is 0. The summed E-state index contributed by atoms with van der Waals surface area (Å²) in [6, 6.07) is 20.1. The molecule has 4 rings (SSSR count). The second-order valence-corrected chi connectivity index (χ2v) is 5.92. The molecule has 0 bridgehead atoms. The van der Waals surface area contributed by atoms with Gasteiger partial charge >= 0.3 is 0 Å². The van der Waals surface area contributed by atoms with Crippen LogP contribution in [-0.2, 0) is 0 Å².